The Balaban J connectivity index is 4.20. The van der Waals surface area contributed by atoms with Crippen LogP contribution in [-0.2, 0) is 9.63 Å². The van der Waals surface area contributed by atoms with Crippen LogP contribution in [0.15, 0.2) is 36.1 Å². The van der Waals surface area contributed by atoms with Crippen LogP contribution in [0, 0.1) is 0 Å². The third kappa shape index (κ3) is 6.99. The molecule has 3 nitrogen and oxygen atoms in total. The van der Waals surface area contributed by atoms with Crippen molar-refractivity contribution in [1.29, 1.82) is 0 Å². The summed E-state index contributed by atoms with van der Waals surface area (Å²) in [6, 6.07) is 0. The van der Waals surface area contributed by atoms with E-state index in [0.29, 0.717) is 17.8 Å². The van der Waals surface area contributed by atoms with Crippen LogP contribution < -0.4 is 5.90 Å². The lowest BCUT2D eigenvalue weighted by molar-refractivity contribution is -0.115. The lowest BCUT2D eigenvalue weighted by atomic mass is 10.1. The molecule has 0 fully saturated rings. The smallest absolute Gasteiger partial charge is 0.146 e. The van der Waals surface area contributed by atoms with Gasteiger partial charge in [-0.05, 0) is 24.1 Å². The molecule has 2 N–H and O–H groups in total. The molecule has 0 aromatic carbocycles. The van der Waals surface area contributed by atoms with Gasteiger partial charge in [-0.2, -0.15) is 18.5 Å². The van der Waals surface area contributed by atoms with Gasteiger partial charge in [0.1, 0.15) is 11.5 Å². The van der Waals surface area contributed by atoms with Crippen molar-refractivity contribution in [3.63, 3.8) is 0 Å². The molecule has 0 bridgehead atoms. The van der Waals surface area contributed by atoms with Gasteiger partial charge in [0.2, 0.25) is 0 Å². The lowest BCUT2D eigenvalue weighted by Crippen LogP contribution is -2.00. The average Bonchev–Trinajstić information content (AvgIpc) is 2.23. The second-order valence-corrected chi connectivity index (χ2v) is 3.31. The number of Topliss-reactive ketones (excluding diaryl/α,β-unsaturated/α-hetero) is 1. The summed E-state index contributed by atoms with van der Waals surface area (Å²) in [5.41, 5.74) is 0.716. The maximum Gasteiger partial charge on any atom is 0.146 e. The van der Waals surface area contributed by atoms with E-state index >= 15 is 0 Å². The zero-order valence-corrected chi connectivity index (χ0v) is 9.80. The van der Waals surface area contributed by atoms with Crippen LogP contribution in [0.1, 0.15) is 19.8 Å². The SMILES string of the molecule is C=C(/C=C\C(=C/CC)ON)CC(=O)CS. The van der Waals surface area contributed by atoms with E-state index in [1.807, 2.05) is 13.0 Å². The predicted octanol–water partition coefficient (Wildman–Crippen LogP) is 2.17. The number of ketones is 1. The second-order valence-electron chi connectivity index (χ2n) is 3.00. The Morgan fingerprint density at radius 1 is 1.53 bits per heavy atom. The Hall–Kier alpha value is -1.000. The minimum Gasteiger partial charge on any atom is -0.412 e. The number of rotatable bonds is 7. The van der Waals surface area contributed by atoms with E-state index in [1.54, 1.807) is 12.2 Å². The van der Waals surface area contributed by atoms with Gasteiger partial charge in [0, 0.05) is 12.2 Å². The molecule has 0 unspecified atom stereocenters. The van der Waals surface area contributed by atoms with Gasteiger partial charge in [-0.15, -0.1) is 0 Å². The van der Waals surface area contributed by atoms with E-state index in [9.17, 15) is 4.79 Å². The van der Waals surface area contributed by atoms with E-state index in [1.165, 1.54) is 0 Å². The zero-order valence-electron chi connectivity index (χ0n) is 8.90. The molecule has 0 amide bonds. The van der Waals surface area contributed by atoms with Crippen LogP contribution in [-0.4, -0.2) is 11.5 Å². The number of allylic oxidation sites excluding steroid dienone is 4. The first-order valence-electron chi connectivity index (χ1n) is 4.69. The predicted molar refractivity (Wildman–Crippen MR) is 65.4 cm³/mol. The normalized spacial score (nSPS) is 11.8. The molecule has 0 rings (SSSR count). The van der Waals surface area contributed by atoms with Crippen LogP contribution in [0.25, 0.3) is 0 Å². The van der Waals surface area contributed by atoms with Crippen molar-refractivity contribution in [2.45, 2.75) is 19.8 Å². The molecule has 4 heteroatoms. The molecule has 0 aromatic rings. The van der Waals surface area contributed by atoms with Crippen LogP contribution >= 0.6 is 12.6 Å². The third-order valence-electron chi connectivity index (χ3n) is 1.63. The van der Waals surface area contributed by atoms with Crippen LogP contribution in [0.3, 0.4) is 0 Å². The van der Waals surface area contributed by atoms with Crippen LogP contribution in [0.5, 0.6) is 0 Å². The van der Waals surface area contributed by atoms with Gasteiger partial charge in [-0.1, -0.05) is 19.6 Å². The molecule has 84 valence electrons. The number of nitrogens with two attached hydrogens (primary N) is 1. The van der Waals surface area contributed by atoms with Gasteiger partial charge in [-0.3, -0.25) is 4.79 Å². The molecule has 0 aliphatic carbocycles. The highest BCUT2D eigenvalue weighted by atomic mass is 32.1. The molecule has 15 heavy (non-hydrogen) atoms. The fraction of sp³-hybridized carbons (Fsp3) is 0.364. The van der Waals surface area contributed by atoms with Crippen molar-refractivity contribution in [2.24, 2.45) is 5.90 Å². The molecule has 0 atom stereocenters. The number of hydrogen-bond donors (Lipinski definition) is 2. The quantitative estimate of drug-likeness (QED) is 0.303. The third-order valence-corrected chi connectivity index (χ3v) is 1.98. The van der Waals surface area contributed by atoms with Gasteiger partial charge in [0.25, 0.3) is 0 Å². The van der Waals surface area contributed by atoms with Crippen molar-refractivity contribution in [1.82, 2.24) is 0 Å². The van der Waals surface area contributed by atoms with Gasteiger partial charge >= 0.3 is 0 Å². The van der Waals surface area contributed by atoms with Crippen LogP contribution in [0.2, 0.25) is 0 Å². The highest BCUT2D eigenvalue weighted by Gasteiger charge is 1.99. The average molecular weight is 227 g/mol. The Morgan fingerprint density at radius 2 is 2.20 bits per heavy atom. The van der Waals surface area contributed by atoms with E-state index in [-0.39, 0.29) is 11.5 Å². The topological polar surface area (TPSA) is 52.3 Å². The Morgan fingerprint density at radius 3 is 2.67 bits per heavy atom. The van der Waals surface area contributed by atoms with Gasteiger partial charge < -0.3 is 4.84 Å². The minimum atomic E-state index is 0.0441. The van der Waals surface area contributed by atoms with Crippen molar-refractivity contribution in [3.05, 3.63) is 36.1 Å². The van der Waals surface area contributed by atoms with Crippen molar-refractivity contribution in [3.8, 4) is 0 Å². The molecule has 0 radical (unpaired) electrons. The van der Waals surface area contributed by atoms with E-state index < -0.39 is 0 Å². The summed E-state index contributed by atoms with van der Waals surface area (Å²) in [5.74, 6) is 5.89. The summed E-state index contributed by atoms with van der Waals surface area (Å²) >= 11 is 3.88. The van der Waals surface area contributed by atoms with E-state index in [2.05, 4.69) is 24.0 Å². The summed E-state index contributed by atoms with van der Waals surface area (Å²) in [5, 5.41) is 0. The lowest BCUT2D eigenvalue weighted by Gasteiger charge is -1.99. The molecule has 0 spiro atoms. The summed E-state index contributed by atoms with van der Waals surface area (Å²) in [6.07, 6.45) is 6.39. The minimum absolute atomic E-state index is 0.0441. The standard InChI is InChI=1S/C11H17NO2S/c1-3-4-11(14-12)6-5-9(2)7-10(13)8-15/h4-6,15H,2-3,7-8,12H2,1H3/b6-5-,11-4+. The summed E-state index contributed by atoms with van der Waals surface area (Å²) in [7, 11) is 0. The van der Waals surface area contributed by atoms with Crippen molar-refractivity contribution >= 4 is 18.4 Å². The highest BCUT2D eigenvalue weighted by molar-refractivity contribution is 7.81. The van der Waals surface area contributed by atoms with Crippen molar-refractivity contribution < 1.29 is 9.63 Å². The number of carbonyl (C=O) groups excluding carboxylic acids is 1. The number of hydrogen-bond acceptors (Lipinski definition) is 4. The monoisotopic (exact) mass is 227 g/mol. The first kappa shape index (κ1) is 14.0. The molecular weight excluding hydrogens is 210 g/mol. The molecule has 0 saturated carbocycles. The van der Waals surface area contributed by atoms with Gasteiger partial charge in [0.05, 0.1) is 0 Å². The van der Waals surface area contributed by atoms with Crippen LogP contribution in [0.4, 0.5) is 0 Å². The number of carbonyl (C=O) groups is 1. The molecule has 0 heterocycles. The summed E-state index contributed by atoms with van der Waals surface area (Å²) in [4.78, 5) is 15.6. The number of thiol groups is 1. The Bertz CT molecular complexity index is 282. The summed E-state index contributed by atoms with van der Waals surface area (Å²) in [6.45, 7) is 5.72. The highest BCUT2D eigenvalue weighted by Crippen LogP contribution is 2.05. The first-order valence-corrected chi connectivity index (χ1v) is 5.32. The molecule has 0 saturated heterocycles. The maximum absolute atomic E-state index is 11.0. The second kappa shape index (κ2) is 8.32. The van der Waals surface area contributed by atoms with Crippen molar-refractivity contribution in [2.75, 3.05) is 5.75 Å². The molecule has 0 aromatic heterocycles. The zero-order chi connectivity index (χ0) is 11.7. The Kier molecular flexibility index (Phi) is 7.77. The van der Waals surface area contributed by atoms with E-state index in [0.717, 1.165) is 6.42 Å². The van der Waals surface area contributed by atoms with E-state index in [4.69, 9.17) is 5.90 Å². The fourth-order valence-corrected chi connectivity index (χ4v) is 1.04. The first-order chi connectivity index (χ1) is 7.13. The van der Waals surface area contributed by atoms with Gasteiger partial charge in [-0.25, -0.2) is 0 Å². The summed E-state index contributed by atoms with van der Waals surface area (Å²) < 4.78 is 0. The Labute approximate surface area is 96.0 Å². The fourth-order valence-electron chi connectivity index (χ4n) is 0.925. The van der Waals surface area contributed by atoms with Gasteiger partial charge in [0.15, 0.2) is 0 Å². The molecular formula is C11H17NO2S. The molecule has 0 aliphatic rings. The largest absolute Gasteiger partial charge is 0.412 e. The molecule has 0 aliphatic heterocycles. The maximum atomic E-state index is 11.0.